The Balaban J connectivity index is 2.27. The molecule has 0 atom stereocenters. The molecule has 0 aliphatic heterocycles. The maximum Gasteiger partial charge on any atom is 0.123 e. The summed E-state index contributed by atoms with van der Waals surface area (Å²) in [5.74, 6) is -0.235. The van der Waals surface area contributed by atoms with Gasteiger partial charge in [-0.3, -0.25) is 0 Å². The van der Waals surface area contributed by atoms with Gasteiger partial charge in [-0.05, 0) is 29.8 Å². The Morgan fingerprint density at radius 3 is 2.81 bits per heavy atom. The van der Waals surface area contributed by atoms with Gasteiger partial charge in [-0.1, -0.05) is 24.4 Å². The average molecular weight is 234 g/mol. The van der Waals surface area contributed by atoms with Crippen molar-refractivity contribution in [2.75, 3.05) is 0 Å². The molecule has 0 spiro atoms. The summed E-state index contributed by atoms with van der Waals surface area (Å²) in [5, 5.41) is 0. The number of hydrogen-bond acceptors (Lipinski definition) is 1. The molecule has 0 saturated heterocycles. The van der Waals surface area contributed by atoms with Crippen molar-refractivity contribution in [3.8, 4) is 0 Å². The summed E-state index contributed by atoms with van der Waals surface area (Å²) in [7, 11) is 0. The molecule has 4 heteroatoms. The van der Waals surface area contributed by atoms with Gasteiger partial charge in [-0.25, -0.2) is 4.39 Å². The van der Waals surface area contributed by atoms with E-state index in [1.54, 1.807) is 6.07 Å². The lowest BCUT2D eigenvalue weighted by molar-refractivity contribution is 0.623. The maximum absolute atomic E-state index is 13.0. The van der Waals surface area contributed by atoms with Gasteiger partial charge in [0.1, 0.15) is 10.8 Å². The quantitative estimate of drug-likeness (QED) is 0.826. The van der Waals surface area contributed by atoms with Crippen LogP contribution in [-0.2, 0) is 6.54 Å². The molecule has 82 valence electrons. The Hall–Kier alpha value is -1.68. The van der Waals surface area contributed by atoms with Crippen LogP contribution in [-0.4, -0.2) is 9.56 Å². The molecule has 0 radical (unpaired) electrons. The van der Waals surface area contributed by atoms with E-state index >= 15 is 0 Å². The third-order valence-corrected chi connectivity index (χ3v) is 2.53. The van der Waals surface area contributed by atoms with E-state index < -0.39 is 0 Å². The second-order valence-electron chi connectivity index (χ2n) is 3.52. The summed E-state index contributed by atoms with van der Waals surface area (Å²) < 4.78 is 14.9. The standard InChI is InChI=1S/C12H11FN2S/c13-10-4-1-3-9(7-10)8-15-6-2-5-11(15)12(14)16/h1-7H,8H2,(H2,14,16). The number of rotatable bonds is 3. The summed E-state index contributed by atoms with van der Waals surface area (Å²) in [6.45, 7) is 0.567. The molecule has 16 heavy (non-hydrogen) atoms. The zero-order valence-electron chi connectivity index (χ0n) is 8.56. The van der Waals surface area contributed by atoms with Crippen LogP contribution < -0.4 is 5.73 Å². The van der Waals surface area contributed by atoms with Crippen LogP contribution in [0.5, 0.6) is 0 Å². The van der Waals surface area contributed by atoms with Gasteiger partial charge in [-0.2, -0.15) is 0 Å². The van der Waals surface area contributed by atoms with E-state index in [4.69, 9.17) is 18.0 Å². The molecule has 1 aromatic heterocycles. The van der Waals surface area contributed by atoms with E-state index in [0.29, 0.717) is 11.5 Å². The monoisotopic (exact) mass is 234 g/mol. The second kappa shape index (κ2) is 4.45. The number of hydrogen-bond donors (Lipinski definition) is 1. The highest BCUT2D eigenvalue weighted by Gasteiger charge is 2.04. The van der Waals surface area contributed by atoms with Crippen molar-refractivity contribution >= 4 is 17.2 Å². The first-order chi connectivity index (χ1) is 7.66. The second-order valence-corrected chi connectivity index (χ2v) is 3.96. The first kappa shape index (κ1) is 10.8. The normalized spacial score (nSPS) is 10.3. The van der Waals surface area contributed by atoms with Crippen molar-refractivity contribution < 1.29 is 4.39 Å². The minimum Gasteiger partial charge on any atom is -0.388 e. The zero-order valence-corrected chi connectivity index (χ0v) is 9.38. The van der Waals surface area contributed by atoms with Crippen LogP contribution in [0.1, 0.15) is 11.3 Å². The van der Waals surface area contributed by atoms with Crippen molar-refractivity contribution in [2.24, 2.45) is 5.73 Å². The summed E-state index contributed by atoms with van der Waals surface area (Å²) in [6.07, 6.45) is 1.87. The number of nitrogens with two attached hydrogens (primary N) is 1. The van der Waals surface area contributed by atoms with E-state index in [9.17, 15) is 4.39 Å². The van der Waals surface area contributed by atoms with E-state index in [1.165, 1.54) is 12.1 Å². The van der Waals surface area contributed by atoms with Crippen LogP contribution >= 0.6 is 12.2 Å². The Bertz CT molecular complexity index is 519. The van der Waals surface area contributed by atoms with Crippen LogP contribution in [0.25, 0.3) is 0 Å². The molecule has 2 nitrogen and oxygen atoms in total. The zero-order chi connectivity index (χ0) is 11.5. The molecule has 0 unspecified atom stereocenters. The number of thiocarbonyl (C=S) groups is 1. The molecule has 2 aromatic rings. The maximum atomic E-state index is 13.0. The summed E-state index contributed by atoms with van der Waals surface area (Å²) in [5.41, 5.74) is 7.25. The van der Waals surface area contributed by atoms with E-state index in [2.05, 4.69) is 0 Å². The molecule has 0 fully saturated rings. The van der Waals surface area contributed by atoms with Crippen LogP contribution in [0.4, 0.5) is 4.39 Å². The van der Waals surface area contributed by atoms with Gasteiger partial charge in [-0.15, -0.1) is 0 Å². The number of nitrogens with zero attached hydrogens (tertiary/aromatic N) is 1. The third kappa shape index (κ3) is 2.28. The molecule has 0 aliphatic carbocycles. The lowest BCUT2D eigenvalue weighted by atomic mass is 10.2. The lowest BCUT2D eigenvalue weighted by Crippen LogP contribution is -2.15. The molecule has 2 N–H and O–H groups in total. The van der Waals surface area contributed by atoms with E-state index in [1.807, 2.05) is 29.0 Å². The Morgan fingerprint density at radius 1 is 1.31 bits per heavy atom. The van der Waals surface area contributed by atoms with Gasteiger partial charge < -0.3 is 10.3 Å². The number of aromatic nitrogens is 1. The average Bonchev–Trinajstić information content (AvgIpc) is 2.66. The van der Waals surface area contributed by atoms with Gasteiger partial charge in [0.2, 0.25) is 0 Å². The fraction of sp³-hybridized carbons (Fsp3) is 0.0833. The topological polar surface area (TPSA) is 30.9 Å². The Morgan fingerprint density at radius 2 is 2.12 bits per heavy atom. The van der Waals surface area contributed by atoms with Crippen molar-refractivity contribution in [2.45, 2.75) is 6.54 Å². The molecule has 2 rings (SSSR count). The smallest absolute Gasteiger partial charge is 0.123 e. The predicted octanol–water partition coefficient (Wildman–Crippen LogP) is 2.31. The van der Waals surface area contributed by atoms with Gasteiger partial charge >= 0.3 is 0 Å². The predicted molar refractivity (Wildman–Crippen MR) is 65.8 cm³/mol. The molecule has 1 heterocycles. The van der Waals surface area contributed by atoms with Gasteiger partial charge in [0, 0.05) is 12.7 Å². The summed E-state index contributed by atoms with van der Waals surface area (Å²) in [4.78, 5) is 0.349. The van der Waals surface area contributed by atoms with Gasteiger partial charge in [0.15, 0.2) is 0 Å². The molecular weight excluding hydrogens is 223 g/mol. The summed E-state index contributed by atoms with van der Waals surface area (Å²) in [6, 6.07) is 10.2. The highest BCUT2D eigenvalue weighted by Crippen LogP contribution is 2.09. The fourth-order valence-corrected chi connectivity index (χ4v) is 1.79. The van der Waals surface area contributed by atoms with Crippen molar-refractivity contribution in [3.63, 3.8) is 0 Å². The fourth-order valence-electron chi connectivity index (χ4n) is 1.61. The van der Waals surface area contributed by atoms with Crippen LogP contribution in [0, 0.1) is 5.82 Å². The van der Waals surface area contributed by atoms with Crippen LogP contribution in [0.3, 0.4) is 0 Å². The summed E-state index contributed by atoms with van der Waals surface area (Å²) >= 11 is 4.93. The highest BCUT2D eigenvalue weighted by molar-refractivity contribution is 7.80. The molecule has 0 aliphatic rings. The molecule has 0 amide bonds. The first-order valence-corrected chi connectivity index (χ1v) is 5.27. The van der Waals surface area contributed by atoms with E-state index in [0.717, 1.165) is 11.3 Å². The molecule has 0 saturated carbocycles. The molecular formula is C12H11FN2S. The highest BCUT2D eigenvalue weighted by atomic mass is 32.1. The number of halogens is 1. The Labute approximate surface area is 98.5 Å². The third-order valence-electron chi connectivity index (χ3n) is 2.32. The van der Waals surface area contributed by atoms with Crippen LogP contribution in [0.2, 0.25) is 0 Å². The van der Waals surface area contributed by atoms with Crippen molar-refractivity contribution in [1.29, 1.82) is 0 Å². The number of benzene rings is 1. The van der Waals surface area contributed by atoms with Gasteiger partial charge in [0.25, 0.3) is 0 Å². The van der Waals surface area contributed by atoms with Crippen LogP contribution in [0.15, 0.2) is 42.6 Å². The van der Waals surface area contributed by atoms with Gasteiger partial charge in [0.05, 0.1) is 5.69 Å². The minimum absolute atomic E-state index is 0.235. The minimum atomic E-state index is -0.235. The molecule has 0 bridgehead atoms. The Kier molecular flexibility index (Phi) is 3.01. The lowest BCUT2D eigenvalue weighted by Gasteiger charge is -2.08. The van der Waals surface area contributed by atoms with Crippen molar-refractivity contribution in [3.05, 3.63) is 59.7 Å². The molecule has 1 aromatic carbocycles. The SMILES string of the molecule is NC(=S)c1cccn1Cc1cccc(F)c1. The first-order valence-electron chi connectivity index (χ1n) is 4.86. The van der Waals surface area contributed by atoms with Crippen molar-refractivity contribution in [1.82, 2.24) is 4.57 Å². The van der Waals surface area contributed by atoms with E-state index in [-0.39, 0.29) is 5.82 Å². The largest absolute Gasteiger partial charge is 0.388 e.